The number of aromatic carboxylic acids is 1. The van der Waals surface area contributed by atoms with Crippen LogP contribution in [0.15, 0.2) is 29.4 Å². The van der Waals surface area contributed by atoms with Crippen LogP contribution in [0.3, 0.4) is 0 Å². The van der Waals surface area contributed by atoms with E-state index in [0.29, 0.717) is 11.3 Å². The Labute approximate surface area is 128 Å². The summed E-state index contributed by atoms with van der Waals surface area (Å²) in [6, 6.07) is 7.00. The molecule has 2 aromatic rings. The lowest BCUT2D eigenvalue weighted by molar-refractivity contribution is 0.0697. The molecule has 0 spiro atoms. The molecular formula is C15H19N3O2S. The molecule has 5 nitrogen and oxygen atoms in total. The van der Waals surface area contributed by atoms with E-state index >= 15 is 0 Å². The number of aryl methyl sites for hydroxylation is 1. The molecule has 1 heterocycles. The molecule has 1 aromatic carbocycles. The van der Waals surface area contributed by atoms with Crippen molar-refractivity contribution in [2.24, 2.45) is 0 Å². The predicted molar refractivity (Wildman–Crippen MR) is 82.7 cm³/mol. The van der Waals surface area contributed by atoms with Crippen LogP contribution in [0.4, 0.5) is 0 Å². The van der Waals surface area contributed by atoms with E-state index in [0.717, 1.165) is 35.9 Å². The SMILES string of the molecule is CCCc1nnc(SCc2cccc(C(=O)O)c2)n1CC. The van der Waals surface area contributed by atoms with Gasteiger partial charge in [0.1, 0.15) is 5.82 Å². The first-order chi connectivity index (χ1) is 10.2. The van der Waals surface area contributed by atoms with Crippen LogP contribution < -0.4 is 0 Å². The molecule has 21 heavy (non-hydrogen) atoms. The third-order valence-corrected chi connectivity index (χ3v) is 4.16. The highest BCUT2D eigenvalue weighted by Gasteiger charge is 2.11. The normalized spacial score (nSPS) is 10.8. The summed E-state index contributed by atoms with van der Waals surface area (Å²) < 4.78 is 2.12. The van der Waals surface area contributed by atoms with E-state index in [9.17, 15) is 4.79 Å². The number of carbonyl (C=O) groups is 1. The van der Waals surface area contributed by atoms with Gasteiger partial charge in [-0.25, -0.2) is 4.79 Å². The van der Waals surface area contributed by atoms with Crippen LogP contribution in [0.2, 0.25) is 0 Å². The fourth-order valence-corrected chi connectivity index (χ4v) is 3.06. The summed E-state index contributed by atoms with van der Waals surface area (Å²) in [6.07, 6.45) is 1.97. The Morgan fingerprint density at radius 1 is 1.33 bits per heavy atom. The Hall–Kier alpha value is -1.82. The lowest BCUT2D eigenvalue weighted by atomic mass is 10.1. The first-order valence-corrected chi connectivity index (χ1v) is 8.01. The van der Waals surface area contributed by atoms with Gasteiger partial charge in [0.2, 0.25) is 0 Å². The Morgan fingerprint density at radius 3 is 2.81 bits per heavy atom. The fourth-order valence-electron chi connectivity index (χ4n) is 2.09. The van der Waals surface area contributed by atoms with Crippen molar-refractivity contribution in [1.82, 2.24) is 14.8 Å². The highest BCUT2D eigenvalue weighted by atomic mass is 32.2. The molecule has 6 heteroatoms. The molecule has 0 bridgehead atoms. The summed E-state index contributed by atoms with van der Waals surface area (Å²) in [5.74, 6) is 0.802. The van der Waals surface area contributed by atoms with E-state index in [1.807, 2.05) is 6.07 Å². The Kier molecular flexibility index (Phi) is 5.38. The molecule has 112 valence electrons. The fraction of sp³-hybridized carbons (Fsp3) is 0.400. The molecule has 0 saturated heterocycles. The predicted octanol–water partition coefficient (Wildman–Crippen LogP) is 3.24. The lowest BCUT2D eigenvalue weighted by Gasteiger charge is -2.07. The highest BCUT2D eigenvalue weighted by molar-refractivity contribution is 7.98. The molecule has 0 radical (unpaired) electrons. The van der Waals surface area contributed by atoms with Gasteiger partial charge in [-0.2, -0.15) is 0 Å². The quantitative estimate of drug-likeness (QED) is 0.795. The Morgan fingerprint density at radius 2 is 2.14 bits per heavy atom. The van der Waals surface area contributed by atoms with Gasteiger partial charge in [-0.3, -0.25) is 0 Å². The van der Waals surface area contributed by atoms with Crippen molar-refractivity contribution in [3.05, 3.63) is 41.2 Å². The molecule has 0 saturated carbocycles. The molecule has 1 N–H and O–H groups in total. The number of carboxylic acids is 1. The van der Waals surface area contributed by atoms with E-state index in [4.69, 9.17) is 5.11 Å². The van der Waals surface area contributed by atoms with Gasteiger partial charge >= 0.3 is 5.97 Å². The van der Waals surface area contributed by atoms with E-state index in [1.165, 1.54) is 0 Å². The minimum Gasteiger partial charge on any atom is -0.478 e. The Bertz CT molecular complexity index is 625. The van der Waals surface area contributed by atoms with E-state index in [2.05, 4.69) is 28.6 Å². The summed E-state index contributed by atoms with van der Waals surface area (Å²) in [5.41, 5.74) is 1.29. The smallest absolute Gasteiger partial charge is 0.335 e. The summed E-state index contributed by atoms with van der Waals surface area (Å²) in [7, 11) is 0. The molecule has 0 aliphatic heterocycles. The molecule has 0 amide bonds. The van der Waals surface area contributed by atoms with Crippen molar-refractivity contribution in [3.8, 4) is 0 Å². The van der Waals surface area contributed by atoms with E-state index < -0.39 is 5.97 Å². The van der Waals surface area contributed by atoms with Crippen LogP contribution >= 0.6 is 11.8 Å². The van der Waals surface area contributed by atoms with E-state index in [1.54, 1.807) is 30.0 Å². The van der Waals surface area contributed by atoms with Gasteiger partial charge in [-0.1, -0.05) is 30.8 Å². The zero-order valence-corrected chi connectivity index (χ0v) is 13.1. The molecule has 0 fully saturated rings. The van der Waals surface area contributed by atoms with Crippen molar-refractivity contribution in [2.75, 3.05) is 0 Å². The molecular weight excluding hydrogens is 286 g/mol. The average molecular weight is 305 g/mol. The number of hydrogen-bond acceptors (Lipinski definition) is 4. The first-order valence-electron chi connectivity index (χ1n) is 7.02. The first kappa shape index (κ1) is 15.6. The second kappa shape index (κ2) is 7.26. The zero-order valence-electron chi connectivity index (χ0n) is 12.2. The monoisotopic (exact) mass is 305 g/mol. The van der Waals surface area contributed by atoms with Crippen LogP contribution in [0.5, 0.6) is 0 Å². The summed E-state index contributed by atoms with van der Waals surface area (Å²) in [5, 5.41) is 18.4. The highest BCUT2D eigenvalue weighted by Crippen LogP contribution is 2.22. The average Bonchev–Trinajstić information content (AvgIpc) is 2.87. The second-order valence-electron chi connectivity index (χ2n) is 4.69. The summed E-state index contributed by atoms with van der Waals surface area (Å²) in [6.45, 7) is 5.05. The second-order valence-corrected chi connectivity index (χ2v) is 5.63. The molecule has 0 aliphatic rings. The topological polar surface area (TPSA) is 68.0 Å². The molecule has 2 rings (SSSR count). The standard InChI is InChI=1S/C15H19N3O2S/c1-3-6-13-16-17-15(18(13)4-2)21-10-11-7-5-8-12(9-11)14(19)20/h5,7-9H,3-4,6,10H2,1-2H3,(H,19,20). The van der Waals surface area contributed by atoms with Crippen LogP contribution in [0, 0.1) is 0 Å². The largest absolute Gasteiger partial charge is 0.478 e. The molecule has 0 aliphatic carbocycles. The molecule has 0 unspecified atom stereocenters. The van der Waals surface area contributed by atoms with Crippen molar-refractivity contribution in [2.45, 2.75) is 44.1 Å². The van der Waals surface area contributed by atoms with Crippen LogP contribution in [-0.4, -0.2) is 25.8 Å². The number of rotatable bonds is 7. The van der Waals surface area contributed by atoms with Crippen molar-refractivity contribution < 1.29 is 9.90 Å². The third-order valence-electron chi connectivity index (χ3n) is 3.13. The summed E-state index contributed by atoms with van der Waals surface area (Å²) >= 11 is 1.59. The van der Waals surface area contributed by atoms with Crippen LogP contribution in [0.1, 0.15) is 42.0 Å². The number of aromatic nitrogens is 3. The molecule has 0 atom stereocenters. The maximum Gasteiger partial charge on any atom is 0.335 e. The van der Waals surface area contributed by atoms with Gasteiger partial charge in [0.05, 0.1) is 5.56 Å². The van der Waals surface area contributed by atoms with Gasteiger partial charge < -0.3 is 9.67 Å². The van der Waals surface area contributed by atoms with E-state index in [-0.39, 0.29) is 0 Å². The number of nitrogens with zero attached hydrogens (tertiary/aromatic N) is 3. The zero-order chi connectivity index (χ0) is 15.2. The molecule has 1 aromatic heterocycles. The number of carboxylic acid groups (broad SMARTS) is 1. The number of benzene rings is 1. The van der Waals surface area contributed by atoms with Gasteiger partial charge in [0.15, 0.2) is 5.16 Å². The van der Waals surface area contributed by atoms with Crippen molar-refractivity contribution >= 4 is 17.7 Å². The minimum atomic E-state index is -0.899. The van der Waals surface area contributed by atoms with Crippen molar-refractivity contribution in [3.63, 3.8) is 0 Å². The third kappa shape index (κ3) is 3.85. The number of thioether (sulfide) groups is 1. The van der Waals surface area contributed by atoms with Crippen LogP contribution in [-0.2, 0) is 18.7 Å². The minimum absolute atomic E-state index is 0.316. The Balaban J connectivity index is 2.09. The van der Waals surface area contributed by atoms with Crippen LogP contribution in [0.25, 0.3) is 0 Å². The summed E-state index contributed by atoms with van der Waals surface area (Å²) in [4.78, 5) is 11.0. The number of hydrogen-bond donors (Lipinski definition) is 1. The van der Waals surface area contributed by atoms with Gasteiger partial charge in [-0.05, 0) is 31.0 Å². The van der Waals surface area contributed by atoms with Gasteiger partial charge in [0.25, 0.3) is 0 Å². The maximum atomic E-state index is 11.0. The van der Waals surface area contributed by atoms with Gasteiger partial charge in [0, 0.05) is 18.7 Å². The van der Waals surface area contributed by atoms with Gasteiger partial charge in [-0.15, -0.1) is 10.2 Å². The van der Waals surface area contributed by atoms with Crippen molar-refractivity contribution in [1.29, 1.82) is 0 Å². The maximum absolute atomic E-state index is 11.0. The lowest BCUT2D eigenvalue weighted by Crippen LogP contribution is -2.03.